The molecule has 0 saturated heterocycles. The number of carbonyl (C=O) groups is 1. The third-order valence-electron chi connectivity index (χ3n) is 4.01. The maximum Gasteiger partial charge on any atom is 0.277 e. The van der Waals surface area contributed by atoms with E-state index in [4.69, 9.17) is 18.6 Å². The molecule has 152 valence electrons. The Morgan fingerprint density at radius 2 is 1.59 bits per heavy atom. The lowest BCUT2D eigenvalue weighted by atomic mass is 10.2. The largest absolute Gasteiger partial charge is 0.497 e. The fourth-order valence-electron chi connectivity index (χ4n) is 2.43. The smallest absolute Gasteiger partial charge is 0.277 e. The summed E-state index contributed by atoms with van der Waals surface area (Å²) >= 11 is 1.17. The quantitative estimate of drug-likeness (QED) is 0.554. The Bertz CT molecular complexity index is 952. The SMILES string of the molecule is COc1ccc(NC(=O)[C@@H](C)Sc2nnc(-c3cc(OC)cc(OC)c3)o2)cc1. The summed E-state index contributed by atoms with van der Waals surface area (Å²) in [5.74, 6) is 2.08. The first-order valence-corrected chi connectivity index (χ1v) is 9.59. The van der Waals surface area contributed by atoms with Gasteiger partial charge in [0.2, 0.25) is 11.8 Å². The van der Waals surface area contributed by atoms with Gasteiger partial charge in [0, 0.05) is 17.3 Å². The number of anilines is 1. The summed E-state index contributed by atoms with van der Waals surface area (Å²) in [5, 5.41) is 10.8. The van der Waals surface area contributed by atoms with Gasteiger partial charge in [0.15, 0.2) is 0 Å². The lowest BCUT2D eigenvalue weighted by molar-refractivity contribution is -0.115. The van der Waals surface area contributed by atoms with Crippen molar-refractivity contribution in [2.24, 2.45) is 0 Å². The van der Waals surface area contributed by atoms with Gasteiger partial charge in [-0.05, 0) is 43.3 Å². The molecule has 1 aromatic heterocycles. The maximum atomic E-state index is 12.4. The van der Waals surface area contributed by atoms with Crippen LogP contribution in [-0.4, -0.2) is 42.7 Å². The molecule has 9 heteroatoms. The van der Waals surface area contributed by atoms with Crippen LogP contribution in [-0.2, 0) is 4.79 Å². The molecule has 0 saturated carbocycles. The Hall–Kier alpha value is -3.20. The minimum Gasteiger partial charge on any atom is -0.497 e. The zero-order valence-corrected chi connectivity index (χ0v) is 17.3. The number of carbonyl (C=O) groups excluding carboxylic acids is 1. The van der Waals surface area contributed by atoms with Crippen molar-refractivity contribution in [1.82, 2.24) is 10.2 Å². The highest BCUT2D eigenvalue weighted by Crippen LogP contribution is 2.31. The van der Waals surface area contributed by atoms with E-state index in [1.807, 2.05) is 0 Å². The molecule has 29 heavy (non-hydrogen) atoms. The Balaban J connectivity index is 1.66. The van der Waals surface area contributed by atoms with Crippen LogP contribution in [0.1, 0.15) is 6.92 Å². The minimum atomic E-state index is -0.440. The zero-order chi connectivity index (χ0) is 20.8. The normalized spacial score (nSPS) is 11.6. The molecule has 1 N–H and O–H groups in total. The molecule has 0 aliphatic rings. The summed E-state index contributed by atoms with van der Waals surface area (Å²) in [5.41, 5.74) is 1.34. The summed E-state index contributed by atoms with van der Waals surface area (Å²) in [6.07, 6.45) is 0. The van der Waals surface area contributed by atoms with Crippen molar-refractivity contribution in [3.8, 4) is 28.7 Å². The van der Waals surface area contributed by atoms with E-state index in [9.17, 15) is 4.79 Å². The standard InChI is InChI=1S/C20H21N3O5S/c1-12(18(24)21-14-5-7-15(25-2)8-6-14)29-20-23-22-19(28-20)13-9-16(26-3)11-17(10-13)27-4/h5-12H,1-4H3,(H,21,24)/t12-/m1/s1. The van der Waals surface area contributed by atoms with Crippen molar-refractivity contribution in [3.05, 3.63) is 42.5 Å². The van der Waals surface area contributed by atoms with Crippen LogP contribution in [0.15, 0.2) is 52.1 Å². The fourth-order valence-corrected chi connectivity index (χ4v) is 3.11. The van der Waals surface area contributed by atoms with Gasteiger partial charge in [-0.3, -0.25) is 4.79 Å². The highest BCUT2D eigenvalue weighted by molar-refractivity contribution is 8.00. The molecule has 0 aliphatic heterocycles. The third kappa shape index (κ3) is 5.20. The van der Waals surface area contributed by atoms with E-state index < -0.39 is 5.25 Å². The van der Waals surface area contributed by atoms with Gasteiger partial charge >= 0.3 is 0 Å². The molecule has 1 heterocycles. The van der Waals surface area contributed by atoms with Crippen LogP contribution in [0.3, 0.4) is 0 Å². The summed E-state index contributed by atoms with van der Waals surface area (Å²) in [6.45, 7) is 1.77. The predicted octanol–water partition coefficient (Wildman–Crippen LogP) is 3.88. The molecule has 2 aromatic carbocycles. The summed E-state index contributed by atoms with van der Waals surface area (Å²) in [4.78, 5) is 12.4. The average Bonchev–Trinajstić information content (AvgIpc) is 3.22. The number of benzene rings is 2. The van der Waals surface area contributed by atoms with Crippen molar-refractivity contribution in [2.75, 3.05) is 26.6 Å². The second-order valence-corrected chi connectivity index (χ2v) is 7.24. The van der Waals surface area contributed by atoms with Gasteiger partial charge in [0.05, 0.1) is 26.6 Å². The number of rotatable bonds is 8. The Labute approximate surface area is 172 Å². The summed E-state index contributed by atoms with van der Waals surface area (Å²) in [6, 6.07) is 12.4. The second kappa shape index (κ2) is 9.33. The van der Waals surface area contributed by atoms with Gasteiger partial charge in [-0.1, -0.05) is 11.8 Å². The van der Waals surface area contributed by atoms with Gasteiger partial charge < -0.3 is 23.9 Å². The molecule has 8 nitrogen and oxygen atoms in total. The van der Waals surface area contributed by atoms with E-state index in [0.29, 0.717) is 33.9 Å². The predicted molar refractivity (Wildman–Crippen MR) is 110 cm³/mol. The topological polar surface area (TPSA) is 95.7 Å². The molecular weight excluding hydrogens is 394 g/mol. The number of nitrogens with zero attached hydrogens (tertiary/aromatic N) is 2. The van der Waals surface area contributed by atoms with Crippen LogP contribution in [0.5, 0.6) is 17.2 Å². The van der Waals surface area contributed by atoms with Gasteiger partial charge in [-0.25, -0.2) is 0 Å². The zero-order valence-electron chi connectivity index (χ0n) is 16.5. The first-order chi connectivity index (χ1) is 14.0. The van der Waals surface area contributed by atoms with Crippen molar-refractivity contribution in [2.45, 2.75) is 17.4 Å². The van der Waals surface area contributed by atoms with Crippen LogP contribution in [0, 0.1) is 0 Å². The van der Waals surface area contributed by atoms with Gasteiger partial charge in [-0.15, -0.1) is 10.2 Å². The average molecular weight is 415 g/mol. The number of amides is 1. The monoisotopic (exact) mass is 415 g/mol. The third-order valence-corrected chi connectivity index (χ3v) is 4.94. The second-order valence-electron chi connectivity index (χ2n) is 5.95. The number of hydrogen-bond donors (Lipinski definition) is 1. The lowest BCUT2D eigenvalue weighted by Gasteiger charge is -2.10. The highest BCUT2D eigenvalue weighted by atomic mass is 32.2. The number of methoxy groups -OCH3 is 3. The molecule has 1 amide bonds. The molecule has 1 atom stereocenters. The summed E-state index contributed by atoms with van der Waals surface area (Å²) in [7, 11) is 4.72. The van der Waals surface area contributed by atoms with Gasteiger partial charge in [0.1, 0.15) is 17.2 Å². The van der Waals surface area contributed by atoms with E-state index in [2.05, 4.69) is 15.5 Å². The van der Waals surface area contributed by atoms with Crippen molar-refractivity contribution in [3.63, 3.8) is 0 Å². The Morgan fingerprint density at radius 3 is 2.17 bits per heavy atom. The molecule has 0 unspecified atom stereocenters. The molecule has 3 aromatic rings. The first kappa shape index (κ1) is 20.5. The van der Waals surface area contributed by atoms with Crippen molar-refractivity contribution < 1.29 is 23.4 Å². The molecule has 0 bridgehead atoms. The Kier molecular flexibility index (Phi) is 6.61. The number of nitrogens with one attached hydrogen (secondary N) is 1. The van der Waals surface area contributed by atoms with E-state index in [1.165, 1.54) is 11.8 Å². The van der Waals surface area contributed by atoms with Gasteiger partial charge in [-0.2, -0.15) is 0 Å². The van der Waals surface area contributed by atoms with Crippen LogP contribution >= 0.6 is 11.8 Å². The highest BCUT2D eigenvalue weighted by Gasteiger charge is 2.19. The van der Waals surface area contributed by atoms with Crippen LogP contribution < -0.4 is 19.5 Å². The van der Waals surface area contributed by atoms with Crippen LogP contribution in [0.4, 0.5) is 5.69 Å². The number of aromatic nitrogens is 2. The molecule has 0 spiro atoms. The van der Waals surface area contributed by atoms with E-state index in [-0.39, 0.29) is 5.91 Å². The number of thioether (sulfide) groups is 1. The van der Waals surface area contributed by atoms with Gasteiger partial charge in [0.25, 0.3) is 5.22 Å². The lowest BCUT2D eigenvalue weighted by Crippen LogP contribution is -2.22. The molecule has 0 radical (unpaired) electrons. The molecule has 0 fully saturated rings. The van der Waals surface area contributed by atoms with Crippen molar-refractivity contribution >= 4 is 23.4 Å². The maximum absolute atomic E-state index is 12.4. The molecular formula is C20H21N3O5S. The number of hydrogen-bond acceptors (Lipinski definition) is 8. The number of ether oxygens (including phenoxy) is 3. The molecule has 0 aliphatic carbocycles. The Morgan fingerprint density at radius 1 is 0.966 bits per heavy atom. The van der Waals surface area contributed by atoms with Crippen LogP contribution in [0.2, 0.25) is 0 Å². The van der Waals surface area contributed by atoms with E-state index in [0.717, 1.165) is 5.75 Å². The fraction of sp³-hybridized carbons (Fsp3) is 0.250. The van der Waals surface area contributed by atoms with Crippen molar-refractivity contribution in [1.29, 1.82) is 0 Å². The van der Waals surface area contributed by atoms with Crippen LogP contribution in [0.25, 0.3) is 11.5 Å². The van der Waals surface area contributed by atoms with E-state index in [1.54, 1.807) is 70.7 Å². The van der Waals surface area contributed by atoms with E-state index >= 15 is 0 Å². The summed E-state index contributed by atoms with van der Waals surface area (Å²) < 4.78 is 21.3. The minimum absolute atomic E-state index is 0.178. The molecule has 3 rings (SSSR count). The first-order valence-electron chi connectivity index (χ1n) is 8.71.